The van der Waals surface area contributed by atoms with Gasteiger partial charge in [0.05, 0.1) is 20.5 Å². The Balaban J connectivity index is 3.06. The highest BCUT2D eigenvalue weighted by Gasteiger charge is 1.98. The molecule has 0 spiro atoms. The van der Waals surface area contributed by atoms with Gasteiger partial charge in [0, 0.05) is 6.42 Å². The van der Waals surface area contributed by atoms with Crippen molar-refractivity contribution in [1.29, 1.82) is 0 Å². The summed E-state index contributed by atoms with van der Waals surface area (Å²) in [6.07, 6.45) is 9.65. The normalized spacial score (nSPS) is 10.4. The molecule has 82 valence electrons. The van der Waals surface area contributed by atoms with Gasteiger partial charge in [0.15, 0.2) is 0 Å². The number of hydrogen-bond donors (Lipinski definition) is 0. The van der Waals surface area contributed by atoms with E-state index in [4.69, 9.17) is 4.74 Å². The molecule has 0 saturated heterocycles. The topological polar surface area (TPSA) is 35.5 Å². The summed E-state index contributed by atoms with van der Waals surface area (Å²) in [5.74, 6) is -0.107. The molecule has 0 aromatic carbocycles. The Labute approximate surface area is 86.1 Å². The summed E-state index contributed by atoms with van der Waals surface area (Å²) >= 11 is 0. The van der Waals surface area contributed by atoms with Crippen molar-refractivity contribution < 1.29 is 14.3 Å². The zero-order valence-electron chi connectivity index (χ0n) is 9.12. The van der Waals surface area contributed by atoms with E-state index < -0.39 is 0 Å². The van der Waals surface area contributed by atoms with E-state index in [1.165, 1.54) is 7.11 Å². The molecule has 3 heteroatoms. The fourth-order valence-electron chi connectivity index (χ4n) is 1.15. The van der Waals surface area contributed by atoms with Crippen LogP contribution >= 0.6 is 0 Å². The van der Waals surface area contributed by atoms with Gasteiger partial charge >= 0.3 is 5.97 Å². The lowest BCUT2D eigenvalue weighted by atomic mass is 10.1. The number of esters is 1. The molecular weight excluding hydrogens is 180 g/mol. The monoisotopic (exact) mass is 200 g/mol. The smallest absolute Gasteiger partial charge is 0.305 e. The minimum Gasteiger partial charge on any atom is -0.505 e. The van der Waals surface area contributed by atoms with Crippen molar-refractivity contribution in [3.05, 3.63) is 12.3 Å². The second-order valence-corrected chi connectivity index (χ2v) is 3.14. The molecule has 0 saturated carbocycles. The molecule has 0 unspecified atom stereocenters. The molecule has 0 heterocycles. The molecule has 0 aliphatic carbocycles. The molecule has 0 amide bonds. The summed E-state index contributed by atoms with van der Waals surface area (Å²) in [5.41, 5.74) is 0. The Morgan fingerprint density at radius 2 is 1.86 bits per heavy atom. The largest absolute Gasteiger partial charge is 0.505 e. The predicted molar refractivity (Wildman–Crippen MR) is 55.9 cm³/mol. The maximum Gasteiger partial charge on any atom is 0.305 e. The van der Waals surface area contributed by atoms with Crippen LogP contribution in [0.15, 0.2) is 12.3 Å². The molecule has 0 rings (SSSR count). The maximum atomic E-state index is 10.7. The van der Waals surface area contributed by atoms with Crippen molar-refractivity contribution in [2.45, 2.75) is 38.5 Å². The Morgan fingerprint density at radius 3 is 2.50 bits per heavy atom. The summed E-state index contributed by atoms with van der Waals surface area (Å²) < 4.78 is 9.32. The Bertz CT molecular complexity index is 164. The fraction of sp³-hybridized carbons (Fsp3) is 0.727. The third kappa shape index (κ3) is 9.10. The lowest BCUT2D eigenvalue weighted by Crippen LogP contribution is -1.98. The molecular formula is C11H20O3. The minimum atomic E-state index is -0.107. The highest BCUT2D eigenvalue weighted by molar-refractivity contribution is 5.68. The average molecular weight is 200 g/mol. The Hall–Kier alpha value is -0.990. The van der Waals surface area contributed by atoms with Crippen LogP contribution in [0, 0.1) is 0 Å². The van der Waals surface area contributed by atoms with Gasteiger partial charge < -0.3 is 9.47 Å². The third-order valence-corrected chi connectivity index (χ3v) is 1.96. The second-order valence-electron chi connectivity index (χ2n) is 3.14. The summed E-state index contributed by atoms with van der Waals surface area (Å²) in [4.78, 5) is 10.7. The van der Waals surface area contributed by atoms with Gasteiger partial charge in [-0.25, -0.2) is 0 Å². The van der Waals surface area contributed by atoms with Crippen LogP contribution in [-0.4, -0.2) is 20.2 Å². The highest BCUT2D eigenvalue weighted by atomic mass is 16.5. The molecule has 0 radical (unpaired) electrons. The first kappa shape index (κ1) is 13.0. The van der Waals surface area contributed by atoms with Crippen LogP contribution in [0.1, 0.15) is 38.5 Å². The van der Waals surface area contributed by atoms with E-state index in [1.54, 1.807) is 13.4 Å². The quantitative estimate of drug-likeness (QED) is 0.343. The van der Waals surface area contributed by atoms with Gasteiger partial charge in [0.25, 0.3) is 0 Å². The molecule has 0 aromatic heterocycles. The molecule has 0 aromatic rings. The second kappa shape index (κ2) is 10.1. The molecule has 0 atom stereocenters. The lowest BCUT2D eigenvalue weighted by Gasteiger charge is -1.99. The van der Waals surface area contributed by atoms with Crippen molar-refractivity contribution >= 4 is 5.97 Å². The van der Waals surface area contributed by atoms with Crippen LogP contribution in [0.2, 0.25) is 0 Å². The minimum absolute atomic E-state index is 0.107. The lowest BCUT2D eigenvalue weighted by molar-refractivity contribution is -0.140. The van der Waals surface area contributed by atoms with Crippen molar-refractivity contribution in [3.8, 4) is 0 Å². The maximum absolute atomic E-state index is 10.7. The predicted octanol–water partition coefficient (Wildman–Crippen LogP) is 2.66. The average Bonchev–Trinajstić information content (AvgIpc) is 2.21. The first-order chi connectivity index (χ1) is 6.81. The van der Waals surface area contributed by atoms with E-state index in [0.717, 1.165) is 32.1 Å². The van der Waals surface area contributed by atoms with Crippen molar-refractivity contribution in [3.63, 3.8) is 0 Å². The number of hydrogen-bond acceptors (Lipinski definition) is 3. The zero-order valence-corrected chi connectivity index (χ0v) is 9.12. The van der Waals surface area contributed by atoms with E-state index in [2.05, 4.69) is 4.74 Å². The summed E-state index contributed by atoms with van der Waals surface area (Å²) in [6, 6.07) is 0. The number of rotatable bonds is 8. The molecule has 0 aliphatic rings. The van der Waals surface area contributed by atoms with Crippen molar-refractivity contribution in [1.82, 2.24) is 0 Å². The molecule has 14 heavy (non-hydrogen) atoms. The number of carbonyl (C=O) groups excluding carboxylic acids is 1. The summed E-state index contributed by atoms with van der Waals surface area (Å²) in [5, 5.41) is 0. The van der Waals surface area contributed by atoms with Crippen LogP contribution in [-0.2, 0) is 14.3 Å². The first-order valence-corrected chi connectivity index (χ1v) is 5.06. The SMILES string of the molecule is CO/C=C/CCCCCCC(=O)OC. The number of allylic oxidation sites excluding steroid dienone is 1. The van der Waals surface area contributed by atoms with Crippen LogP contribution in [0.3, 0.4) is 0 Å². The van der Waals surface area contributed by atoms with Gasteiger partial charge in [0.1, 0.15) is 0 Å². The van der Waals surface area contributed by atoms with E-state index in [-0.39, 0.29) is 5.97 Å². The van der Waals surface area contributed by atoms with Crippen molar-refractivity contribution in [2.75, 3.05) is 14.2 Å². The van der Waals surface area contributed by atoms with Gasteiger partial charge in [-0.1, -0.05) is 12.8 Å². The summed E-state index contributed by atoms with van der Waals surface area (Å²) in [6.45, 7) is 0. The third-order valence-electron chi connectivity index (χ3n) is 1.96. The Kier molecular flexibility index (Phi) is 9.38. The standard InChI is InChI=1S/C11H20O3/c1-13-10-8-6-4-3-5-7-9-11(12)14-2/h8,10H,3-7,9H2,1-2H3/b10-8+. The van der Waals surface area contributed by atoms with Gasteiger partial charge in [-0.3, -0.25) is 4.79 Å². The Morgan fingerprint density at radius 1 is 1.14 bits per heavy atom. The van der Waals surface area contributed by atoms with Gasteiger partial charge in [0.2, 0.25) is 0 Å². The molecule has 0 N–H and O–H groups in total. The highest BCUT2D eigenvalue weighted by Crippen LogP contribution is 2.06. The first-order valence-electron chi connectivity index (χ1n) is 5.06. The van der Waals surface area contributed by atoms with E-state index >= 15 is 0 Å². The fourth-order valence-corrected chi connectivity index (χ4v) is 1.15. The van der Waals surface area contributed by atoms with Gasteiger partial charge in [-0.15, -0.1) is 0 Å². The van der Waals surface area contributed by atoms with Crippen molar-refractivity contribution in [2.24, 2.45) is 0 Å². The van der Waals surface area contributed by atoms with Crippen LogP contribution in [0.5, 0.6) is 0 Å². The van der Waals surface area contributed by atoms with Crippen LogP contribution < -0.4 is 0 Å². The number of methoxy groups -OCH3 is 2. The number of unbranched alkanes of at least 4 members (excludes halogenated alkanes) is 4. The van der Waals surface area contributed by atoms with Crippen LogP contribution in [0.25, 0.3) is 0 Å². The van der Waals surface area contributed by atoms with E-state index in [9.17, 15) is 4.79 Å². The zero-order chi connectivity index (χ0) is 10.6. The number of carbonyl (C=O) groups is 1. The van der Waals surface area contributed by atoms with Gasteiger partial charge in [-0.2, -0.15) is 0 Å². The number of ether oxygens (including phenoxy) is 2. The molecule has 0 fully saturated rings. The van der Waals surface area contributed by atoms with Gasteiger partial charge in [-0.05, 0) is 25.3 Å². The van der Waals surface area contributed by atoms with E-state index in [0.29, 0.717) is 6.42 Å². The molecule has 3 nitrogen and oxygen atoms in total. The van der Waals surface area contributed by atoms with Crippen LogP contribution in [0.4, 0.5) is 0 Å². The summed E-state index contributed by atoms with van der Waals surface area (Å²) in [7, 11) is 3.07. The van der Waals surface area contributed by atoms with E-state index in [1.807, 2.05) is 6.08 Å². The molecule has 0 bridgehead atoms. The molecule has 0 aliphatic heterocycles.